The largest absolute Gasteiger partial charge is 0.441 e. The van der Waals surface area contributed by atoms with E-state index in [1.54, 1.807) is 20.8 Å². The van der Waals surface area contributed by atoms with Crippen LogP contribution < -0.4 is 5.32 Å². The number of nitrogens with one attached hydrogen (secondary N) is 1. The van der Waals surface area contributed by atoms with Gasteiger partial charge in [0.15, 0.2) is 5.82 Å². The van der Waals surface area contributed by atoms with E-state index in [9.17, 15) is 22.9 Å². The van der Waals surface area contributed by atoms with Gasteiger partial charge in [0.25, 0.3) is 10.0 Å². The van der Waals surface area contributed by atoms with Crippen LogP contribution in [0.15, 0.2) is 53.7 Å². The summed E-state index contributed by atoms with van der Waals surface area (Å²) in [6.45, 7) is 5.05. The zero-order chi connectivity index (χ0) is 25.3. The average molecular weight is 489 g/mol. The van der Waals surface area contributed by atoms with Crippen LogP contribution in [0.2, 0.25) is 0 Å². The van der Waals surface area contributed by atoms with Gasteiger partial charge in [-0.1, -0.05) is 26.8 Å². The average Bonchev–Trinajstić information content (AvgIpc) is 3.13. The Labute approximate surface area is 195 Å². The van der Waals surface area contributed by atoms with Crippen molar-refractivity contribution >= 4 is 16.1 Å². The van der Waals surface area contributed by atoms with Gasteiger partial charge in [-0.05, 0) is 30.3 Å². The Balaban J connectivity index is 2.39. The Hall–Kier alpha value is -3.78. The Morgan fingerprint density at radius 2 is 1.94 bits per heavy atom. The van der Waals surface area contributed by atoms with Crippen molar-refractivity contribution in [2.24, 2.45) is 5.41 Å². The molecule has 0 fully saturated rings. The quantitative estimate of drug-likeness (QED) is 0.570. The maximum Gasteiger partial charge on any atom is 0.407 e. The van der Waals surface area contributed by atoms with E-state index < -0.39 is 49.9 Å². The Kier molecular flexibility index (Phi) is 6.74. The monoisotopic (exact) mass is 488 g/mol. The van der Waals surface area contributed by atoms with E-state index in [4.69, 9.17) is 4.74 Å². The molecule has 0 radical (unpaired) electrons. The lowest BCUT2D eigenvalue weighted by molar-refractivity contribution is 0.0294. The SMILES string of the molecule is CNC(=O)OC(c1cn(S(=O)(=O)c2cccc(F)c2)c(-c2cccnc2C#N)c1F)C(C)(C)C. The molecule has 2 aromatic heterocycles. The van der Waals surface area contributed by atoms with E-state index in [0.29, 0.717) is 3.97 Å². The second-order valence-corrected chi connectivity index (χ2v) is 10.2. The predicted octanol–water partition coefficient (Wildman–Crippen LogP) is 4.38. The molecular formula is C23H22F2N4O4S. The summed E-state index contributed by atoms with van der Waals surface area (Å²) in [7, 11) is -3.20. The van der Waals surface area contributed by atoms with E-state index in [1.165, 1.54) is 31.4 Å². The summed E-state index contributed by atoms with van der Waals surface area (Å²) < 4.78 is 62.9. The Morgan fingerprint density at radius 1 is 1.24 bits per heavy atom. The molecule has 34 heavy (non-hydrogen) atoms. The molecule has 0 aliphatic rings. The minimum absolute atomic E-state index is 0.0960. The molecule has 0 bridgehead atoms. The molecule has 178 valence electrons. The number of nitriles is 1. The smallest absolute Gasteiger partial charge is 0.407 e. The van der Waals surface area contributed by atoms with Crippen LogP contribution in [0.3, 0.4) is 0 Å². The number of carbonyl (C=O) groups is 1. The van der Waals surface area contributed by atoms with Gasteiger partial charge < -0.3 is 10.1 Å². The fraction of sp³-hybridized carbons (Fsp3) is 0.261. The summed E-state index contributed by atoms with van der Waals surface area (Å²) in [6.07, 6.45) is 0.234. The number of rotatable bonds is 5. The van der Waals surface area contributed by atoms with Crippen LogP contribution in [-0.2, 0) is 14.8 Å². The number of benzene rings is 1. The first kappa shape index (κ1) is 24.9. The van der Waals surface area contributed by atoms with Gasteiger partial charge in [0.2, 0.25) is 0 Å². The maximum absolute atomic E-state index is 16.0. The van der Waals surface area contributed by atoms with Crippen molar-refractivity contribution in [3.05, 3.63) is 71.7 Å². The van der Waals surface area contributed by atoms with E-state index >= 15 is 4.39 Å². The van der Waals surface area contributed by atoms with Crippen LogP contribution in [0.1, 0.15) is 38.1 Å². The molecular weight excluding hydrogens is 466 g/mol. The Morgan fingerprint density at radius 3 is 2.53 bits per heavy atom. The molecule has 3 rings (SSSR count). The second-order valence-electron chi connectivity index (χ2n) is 8.42. The molecule has 1 unspecified atom stereocenters. The fourth-order valence-corrected chi connectivity index (χ4v) is 4.80. The third-order valence-corrected chi connectivity index (χ3v) is 6.61. The van der Waals surface area contributed by atoms with Crippen molar-refractivity contribution in [3.8, 4) is 17.3 Å². The number of pyridine rings is 1. The van der Waals surface area contributed by atoms with Gasteiger partial charge in [0.05, 0.1) is 4.90 Å². The molecule has 1 N–H and O–H groups in total. The fourth-order valence-electron chi connectivity index (χ4n) is 3.39. The molecule has 1 atom stereocenters. The molecule has 11 heteroatoms. The van der Waals surface area contributed by atoms with Crippen molar-refractivity contribution in [1.29, 1.82) is 5.26 Å². The van der Waals surface area contributed by atoms with E-state index in [1.807, 2.05) is 6.07 Å². The first-order valence-corrected chi connectivity index (χ1v) is 11.5. The minimum atomic E-state index is -4.54. The zero-order valence-electron chi connectivity index (χ0n) is 18.8. The molecule has 0 saturated heterocycles. The summed E-state index contributed by atoms with van der Waals surface area (Å²) in [5, 5.41) is 11.8. The molecule has 0 saturated carbocycles. The number of aromatic nitrogens is 2. The molecule has 3 aromatic rings. The summed E-state index contributed by atoms with van der Waals surface area (Å²) in [6, 6.07) is 8.83. The van der Waals surface area contributed by atoms with Gasteiger partial charge in [0.1, 0.15) is 29.4 Å². The number of hydrogen-bond donors (Lipinski definition) is 1. The van der Waals surface area contributed by atoms with Crippen LogP contribution >= 0.6 is 0 Å². The van der Waals surface area contributed by atoms with Crippen LogP contribution in [0.5, 0.6) is 0 Å². The normalized spacial score (nSPS) is 12.6. The standard InChI is InChI=1S/C23H22F2N4O4S/c1-23(2,3)21(33-22(30)27-4)17-13-29(34(31,32)15-8-5-7-14(24)11-15)20(19(17)25)16-9-6-10-28-18(16)12-26/h5-11,13,21H,1-4H3,(H,27,30). The van der Waals surface area contributed by atoms with Gasteiger partial charge in [-0.2, -0.15) is 5.26 Å². The molecule has 2 heterocycles. The third-order valence-electron chi connectivity index (χ3n) is 4.96. The van der Waals surface area contributed by atoms with Crippen molar-refractivity contribution in [2.45, 2.75) is 31.8 Å². The highest BCUT2D eigenvalue weighted by Crippen LogP contribution is 2.42. The highest BCUT2D eigenvalue weighted by atomic mass is 32.2. The zero-order valence-corrected chi connectivity index (χ0v) is 19.7. The van der Waals surface area contributed by atoms with E-state index in [2.05, 4.69) is 10.3 Å². The van der Waals surface area contributed by atoms with Gasteiger partial charge in [-0.25, -0.2) is 30.9 Å². The highest BCUT2D eigenvalue weighted by Gasteiger charge is 2.37. The molecule has 8 nitrogen and oxygen atoms in total. The van der Waals surface area contributed by atoms with E-state index in [-0.39, 0.29) is 16.8 Å². The van der Waals surface area contributed by atoms with E-state index in [0.717, 1.165) is 24.4 Å². The lowest BCUT2D eigenvalue weighted by Gasteiger charge is -2.29. The van der Waals surface area contributed by atoms with Crippen molar-refractivity contribution in [1.82, 2.24) is 14.3 Å². The van der Waals surface area contributed by atoms with Crippen LogP contribution in [0, 0.1) is 28.4 Å². The number of ether oxygens (including phenoxy) is 1. The molecule has 1 amide bonds. The summed E-state index contributed by atoms with van der Waals surface area (Å²) >= 11 is 0. The van der Waals surface area contributed by atoms with Crippen molar-refractivity contribution in [3.63, 3.8) is 0 Å². The van der Waals surface area contributed by atoms with Gasteiger partial charge in [-0.3, -0.25) is 0 Å². The van der Waals surface area contributed by atoms with Gasteiger partial charge in [0, 0.05) is 36.0 Å². The number of nitrogens with zero attached hydrogens (tertiary/aromatic N) is 3. The molecule has 0 aliphatic carbocycles. The topological polar surface area (TPSA) is 114 Å². The van der Waals surface area contributed by atoms with Crippen LogP contribution in [0.25, 0.3) is 11.3 Å². The van der Waals surface area contributed by atoms with Crippen LogP contribution in [-0.4, -0.2) is 30.5 Å². The lowest BCUT2D eigenvalue weighted by Crippen LogP contribution is -2.29. The first-order chi connectivity index (χ1) is 15.9. The predicted molar refractivity (Wildman–Crippen MR) is 119 cm³/mol. The number of alkyl carbamates (subject to hydrolysis) is 1. The lowest BCUT2D eigenvalue weighted by atomic mass is 9.85. The summed E-state index contributed by atoms with van der Waals surface area (Å²) in [5.41, 5.74) is -1.90. The van der Waals surface area contributed by atoms with Gasteiger partial charge >= 0.3 is 6.09 Å². The molecule has 0 spiro atoms. The third kappa shape index (κ3) is 4.63. The number of carbonyl (C=O) groups excluding carboxylic acids is 1. The number of halogens is 2. The highest BCUT2D eigenvalue weighted by molar-refractivity contribution is 7.90. The molecule has 0 aliphatic heterocycles. The van der Waals surface area contributed by atoms with Crippen molar-refractivity contribution in [2.75, 3.05) is 7.05 Å². The summed E-state index contributed by atoms with van der Waals surface area (Å²) in [4.78, 5) is 15.5. The first-order valence-electron chi connectivity index (χ1n) is 10.1. The number of amides is 1. The van der Waals surface area contributed by atoms with Gasteiger partial charge in [-0.15, -0.1) is 0 Å². The Bertz CT molecular complexity index is 1390. The summed E-state index contributed by atoms with van der Waals surface area (Å²) in [5.74, 6) is -1.82. The minimum Gasteiger partial charge on any atom is -0.441 e. The van der Waals surface area contributed by atoms with Crippen molar-refractivity contribution < 1.29 is 26.7 Å². The molecule has 1 aromatic carbocycles. The second kappa shape index (κ2) is 9.23. The number of hydrogen-bond acceptors (Lipinski definition) is 6. The van der Waals surface area contributed by atoms with Crippen LogP contribution in [0.4, 0.5) is 13.6 Å². The maximum atomic E-state index is 16.0.